The lowest BCUT2D eigenvalue weighted by Crippen LogP contribution is -2.49. The lowest BCUT2D eigenvalue weighted by atomic mass is 10.1. The minimum absolute atomic E-state index is 0.00538. The Morgan fingerprint density at radius 1 is 1.00 bits per heavy atom. The van der Waals surface area contributed by atoms with Crippen LogP contribution in [0, 0.1) is 0 Å². The molecule has 2 aromatic carbocycles. The second-order valence-corrected chi connectivity index (χ2v) is 6.72. The molecule has 0 atom stereocenters. The number of amides is 1. The molecule has 0 aromatic heterocycles. The number of anilines is 1. The number of nitrogens with one attached hydrogen (secondary N) is 1. The number of para-hydroxylation sites is 1. The number of alkyl halides is 2. The van der Waals surface area contributed by atoms with Crippen molar-refractivity contribution < 1.29 is 18.3 Å². The molecule has 0 spiro atoms. The van der Waals surface area contributed by atoms with Crippen LogP contribution in [0.25, 0.3) is 0 Å². The molecule has 28 heavy (non-hydrogen) atoms. The maximum atomic E-state index is 12.2. The molecule has 1 fully saturated rings. The number of nitrogens with zero attached hydrogens (tertiary/aromatic N) is 2. The lowest BCUT2D eigenvalue weighted by molar-refractivity contribution is -0.122. The molecule has 1 saturated heterocycles. The molecule has 0 unspecified atom stereocenters. The van der Waals surface area contributed by atoms with E-state index in [2.05, 4.69) is 32.0 Å². The van der Waals surface area contributed by atoms with Gasteiger partial charge in [-0.05, 0) is 36.2 Å². The van der Waals surface area contributed by atoms with Crippen LogP contribution in [0.1, 0.15) is 5.56 Å². The molecule has 0 saturated carbocycles. The van der Waals surface area contributed by atoms with Crippen molar-refractivity contribution >= 4 is 11.6 Å². The van der Waals surface area contributed by atoms with Gasteiger partial charge in [0.1, 0.15) is 5.75 Å². The summed E-state index contributed by atoms with van der Waals surface area (Å²) in [5.41, 5.74) is 2.18. The van der Waals surface area contributed by atoms with Crippen LogP contribution in [-0.2, 0) is 11.2 Å². The van der Waals surface area contributed by atoms with Crippen LogP contribution in [-0.4, -0.2) is 56.7 Å². The molecule has 3 rings (SSSR count). The highest BCUT2D eigenvalue weighted by atomic mass is 19.3. The number of ether oxygens (including phenoxy) is 1. The van der Waals surface area contributed by atoms with Gasteiger partial charge in [-0.2, -0.15) is 8.78 Å². The number of benzene rings is 2. The zero-order valence-corrected chi connectivity index (χ0v) is 15.7. The number of carbonyl (C=O) groups is 1. The highest BCUT2D eigenvalue weighted by Crippen LogP contribution is 2.16. The molecule has 1 aliphatic heterocycles. The van der Waals surface area contributed by atoms with Gasteiger partial charge in [-0.3, -0.25) is 9.69 Å². The zero-order chi connectivity index (χ0) is 19.8. The summed E-state index contributed by atoms with van der Waals surface area (Å²) in [5, 5.41) is 2.92. The van der Waals surface area contributed by atoms with E-state index >= 15 is 0 Å². The molecule has 0 bridgehead atoms. The molecule has 1 aliphatic rings. The third-order valence-corrected chi connectivity index (χ3v) is 4.75. The summed E-state index contributed by atoms with van der Waals surface area (Å²) in [6, 6.07) is 16.8. The van der Waals surface area contributed by atoms with E-state index in [0.29, 0.717) is 19.5 Å². The second-order valence-electron chi connectivity index (χ2n) is 6.72. The maximum absolute atomic E-state index is 12.2. The topological polar surface area (TPSA) is 44.8 Å². The summed E-state index contributed by atoms with van der Waals surface area (Å²) in [7, 11) is 0. The Hall–Kier alpha value is -2.67. The predicted molar refractivity (Wildman–Crippen MR) is 105 cm³/mol. The highest BCUT2D eigenvalue weighted by Gasteiger charge is 2.18. The van der Waals surface area contributed by atoms with Crippen molar-refractivity contribution in [1.29, 1.82) is 0 Å². The standard InChI is InChI=1S/C21H25F2N3O2/c22-21(23)28-19-8-6-17(7-9-19)10-11-24-20(27)16-25-12-14-26(15-13-25)18-4-2-1-3-5-18/h1-9,21H,10-16H2,(H,24,27). The van der Waals surface area contributed by atoms with Crippen molar-refractivity contribution in [3.63, 3.8) is 0 Å². The average Bonchev–Trinajstić information content (AvgIpc) is 2.70. The van der Waals surface area contributed by atoms with Gasteiger partial charge in [0, 0.05) is 38.4 Å². The van der Waals surface area contributed by atoms with Gasteiger partial charge in [0.25, 0.3) is 0 Å². The first-order chi connectivity index (χ1) is 13.6. The van der Waals surface area contributed by atoms with Gasteiger partial charge >= 0.3 is 6.61 Å². The van der Waals surface area contributed by atoms with E-state index in [-0.39, 0.29) is 11.7 Å². The number of rotatable bonds is 8. The van der Waals surface area contributed by atoms with Gasteiger partial charge in [0.2, 0.25) is 5.91 Å². The number of hydrogen-bond acceptors (Lipinski definition) is 4. The van der Waals surface area contributed by atoms with Gasteiger partial charge < -0.3 is 15.0 Å². The fourth-order valence-electron chi connectivity index (χ4n) is 3.25. The number of carbonyl (C=O) groups excluding carboxylic acids is 1. The molecule has 1 heterocycles. The predicted octanol–water partition coefficient (Wildman–Crippen LogP) is 2.77. The van der Waals surface area contributed by atoms with E-state index in [0.717, 1.165) is 31.7 Å². The fourth-order valence-corrected chi connectivity index (χ4v) is 3.25. The van der Waals surface area contributed by atoms with Crippen LogP contribution >= 0.6 is 0 Å². The Balaban J connectivity index is 1.34. The van der Waals surface area contributed by atoms with Crippen molar-refractivity contribution in [1.82, 2.24) is 10.2 Å². The lowest BCUT2D eigenvalue weighted by Gasteiger charge is -2.35. The summed E-state index contributed by atoms with van der Waals surface area (Å²) in [4.78, 5) is 16.6. The molecule has 2 aromatic rings. The van der Waals surface area contributed by atoms with Gasteiger partial charge in [-0.25, -0.2) is 0 Å². The Bertz CT molecular complexity index is 733. The van der Waals surface area contributed by atoms with Crippen LogP contribution in [0.15, 0.2) is 54.6 Å². The van der Waals surface area contributed by atoms with Crippen molar-refractivity contribution in [2.24, 2.45) is 0 Å². The third kappa shape index (κ3) is 6.20. The molecule has 150 valence electrons. The van der Waals surface area contributed by atoms with Crippen LogP contribution < -0.4 is 15.0 Å². The molecular formula is C21H25F2N3O2. The molecule has 5 nitrogen and oxygen atoms in total. The maximum Gasteiger partial charge on any atom is 0.387 e. The van der Waals surface area contributed by atoms with Gasteiger partial charge in [-0.1, -0.05) is 30.3 Å². The van der Waals surface area contributed by atoms with Crippen molar-refractivity contribution in [2.75, 3.05) is 44.2 Å². The first-order valence-corrected chi connectivity index (χ1v) is 9.43. The summed E-state index contributed by atoms with van der Waals surface area (Å²) in [6.45, 7) is 1.61. The fraction of sp³-hybridized carbons (Fsp3) is 0.381. The first-order valence-electron chi connectivity index (χ1n) is 9.43. The summed E-state index contributed by atoms with van der Waals surface area (Å²) >= 11 is 0. The van der Waals surface area contributed by atoms with E-state index < -0.39 is 6.61 Å². The smallest absolute Gasteiger partial charge is 0.387 e. The monoisotopic (exact) mass is 389 g/mol. The Labute approximate surface area is 163 Å². The normalized spacial score (nSPS) is 14.9. The zero-order valence-electron chi connectivity index (χ0n) is 15.7. The van der Waals surface area contributed by atoms with Crippen molar-refractivity contribution in [2.45, 2.75) is 13.0 Å². The second kappa shape index (κ2) is 10.0. The molecular weight excluding hydrogens is 364 g/mol. The Kier molecular flexibility index (Phi) is 7.19. The number of piperazine rings is 1. The van der Waals surface area contributed by atoms with Gasteiger partial charge in [0.15, 0.2) is 0 Å². The van der Waals surface area contributed by atoms with E-state index in [1.807, 2.05) is 18.2 Å². The first kappa shape index (κ1) is 20.1. The van der Waals surface area contributed by atoms with Crippen LogP contribution in [0.4, 0.5) is 14.5 Å². The summed E-state index contributed by atoms with van der Waals surface area (Å²) in [5.74, 6) is 0.142. The van der Waals surface area contributed by atoms with Gasteiger partial charge in [0.05, 0.1) is 6.54 Å². The largest absolute Gasteiger partial charge is 0.435 e. The SMILES string of the molecule is O=C(CN1CCN(c2ccccc2)CC1)NCCc1ccc(OC(F)F)cc1. The van der Waals surface area contributed by atoms with E-state index in [1.54, 1.807) is 12.1 Å². The quantitative estimate of drug-likeness (QED) is 0.754. The van der Waals surface area contributed by atoms with Gasteiger partial charge in [-0.15, -0.1) is 0 Å². The van der Waals surface area contributed by atoms with Crippen LogP contribution in [0.2, 0.25) is 0 Å². The molecule has 0 radical (unpaired) electrons. The van der Waals surface area contributed by atoms with E-state index in [1.165, 1.54) is 17.8 Å². The third-order valence-electron chi connectivity index (χ3n) is 4.75. The Morgan fingerprint density at radius 3 is 2.32 bits per heavy atom. The summed E-state index contributed by atoms with van der Waals surface area (Å²) < 4.78 is 28.6. The molecule has 1 amide bonds. The number of hydrogen-bond donors (Lipinski definition) is 1. The van der Waals surface area contributed by atoms with E-state index in [4.69, 9.17) is 0 Å². The highest BCUT2D eigenvalue weighted by molar-refractivity contribution is 5.78. The molecule has 0 aliphatic carbocycles. The Morgan fingerprint density at radius 2 is 1.68 bits per heavy atom. The number of halogens is 2. The van der Waals surface area contributed by atoms with Crippen molar-refractivity contribution in [3.8, 4) is 5.75 Å². The van der Waals surface area contributed by atoms with Crippen molar-refractivity contribution in [3.05, 3.63) is 60.2 Å². The minimum Gasteiger partial charge on any atom is -0.435 e. The average molecular weight is 389 g/mol. The summed E-state index contributed by atoms with van der Waals surface area (Å²) in [6.07, 6.45) is 0.641. The minimum atomic E-state index is -2.82. The molecule has 1 N–H and O–H groups in total. The van der Waals surface area contributed by atoms with Crippen LogP contribution in [0.3, 0.4) is 0 Å². The van der Waals surface area contributed by atoms with Crippen LogP contribution in [0.5, 0.6) is 5.75 Å². The molecule has 7 heteroatoms. The van der Waals surface area contributed by atoms with E-state index in [9.17, 15) is 13.6 Å².